The Hall–Kier alpha value is -2.18. The molecule has 0 spiro atoms. The molecule has 3 N–H and O–H groups in total. The van der Waals surface area contributed by atoms with Crippen molar-refractivity contribution in [3.05, 3.63) is 48.6 Å². The highest BCUT2D eigenvalue weighted by molar-refractivity contribution is 5.86. The Morgan fingerprint density at radius 1 is 1.31 bits per heavy atom. The third-order valence-corrected chi connectivity index (χ3v) is 4.85. The van der Waals surface area contributed by atoms with E-state index in [0.717, 1.165) is 18.4 Å². The van der Waals surface area contributed by atoms with Crippen LogP contribution in [-0.4, -0.2) is 52.7 Å². The van der Waals surface area contributed by atoms with Gasteiger partial charge in [-0.05, 0) is 24.8 Å². The van der Waals surface area contributed by atoms with E-state index >= 15 is 0 Å². The van der Waals surface area contributed by atoms with Gasteiger partial charge in [-0.15, -0.1) is 6.58 Å². The molecule has 142 valence electrons. The Balaban J connectivity index is 2.02. The summed E-state index contributed by atoms with van der Waals surface area (Å²) in [5, 5.41) is 21.8. The van der Waals surface area contributed by atoms with Gasteiger partial charge in [0.2, 0.25) is 11.8 Å². The molecule has 1 aromatic carbocycles. The van der Waals surface area contributed by atoms with Crippen molar-refractivity contribution in [2.24, 2.45) is 5.92 Å². The number of carbonyl (C=O) groups excluding carboxylic acids is 2. The Kier molecular flexibility index (Phi) is 7.81. The monoisotopic (exact) mass is 360 g/mol. The molecule has 1 heterocycles. The van der Waals surface area contributed by atoms with Crippen LogP contribution >= 0.6 is 0 Å². The third-order valence-electron chi connectivity index (χ3n) is 4.85. The van der Waals surface area contributed by atoms with E-state index in [1.807, 2.05) is 30.3 Å². The highest BCUT2D eigenvalue weighted by Gasteiger charge is 2.31. The number of hydrogen-bond donors (Lipinski definition) is 3. The van der Waals surface area contributed by atoms with Gasteiger partial charge in [-0.1, -0.05) is 36.4 Å². The van der Waals surface area contributed by atoms with E-state index in [4.69, 9.17) is 0 Å². The van der Waals surface area contributed by atoms with Gasteiger partial charge in [0.25, 0.3) is 0 Å². The van der Waals surface area contributed by atoms with Gasteiger partial charge in [-0.3, -0.25) is 9.59 Å². The molecule has 26 heavy (non-hydrogen) atoms. The maximum Gasteiger partial charge on any atom is 0.224 e. The molecule has 1 aliphatic heterocycles. The van der Waals surface area contributed by atoms with E-state index in [9.17, 15) is 19.8 Å². The van der Waals surface area contributed by atoms with Crippen LogP contribution in [0.4, 0.5) is 0 Å². The first-order valence-corrected chi connectivity index (χ1v) is 9.08. The van der Waals surface area contributed by atoms with Crippen LogP contribution in [0.15, 0.2) is 43.0 Å². The molecule has 0 unspecified atom stereocenters. The van der Waals surface area contributed by atoms with Crippen molar-refractivity contribution in [3.63, 3.8) is 0 Å². The lowest BCUT2D eigenvalue weighted by atomic mass is 9.98. The zero-order valence-corrected chi connectivity index (χ0v) is 15.0. The molecular formula is C20H28N2O4. The van der Waals surface area contributed by atoms with Gasteiger partial charge in [-0.2, -0.15) is 0 Å². The van der Waals surface area contributed by atoms with Crippen LogP contribution in [-0.2, 0) is 9.59 Å². The molecule has 1 saturated heterocycles. The second-order valence-electron chi connectivity index (χ2n) is 6.65. The van der Waals surface area contributed by atoms with E-state index in [0.29, 0.717) is 13.0 Å². The van der Waals surface area contributed by atoms with Crippen molar-refractivity contribution < 1.29 is 19.8 Å². The lowest BCUT2D eigenvalue weighted by molar-refractivity contribution is -0.137. The largest absolute Gasteiger partial charge is 0.394 e. The summed E-state index contributed by atoms with van der Waals surface area (Å²) in [5.41, 5.74) is 0.812. The maximum absolute atomic E-state index is 12.7. The summed E-state index contributed by atoms with van der Waals surface area (Å²) in [6.45, 7) is 4.03. The molecule has 0 radical (unpaired) electrons. The number of likely N-dealkylation sites (tertiary alicyclic amines) is 1. The summed E-state index contributed by atoms with van der Waals surface area (Å²) < 4.78 is 0. The number of nitrogens with one attached hydrogen (secondary N) is 1. The van der Waals surface area contributed by atoms with Crippen LogP contribution in [0.1, 0.15) is 37.3 Å². The SMILES string of the molecule is C=CC[C@@H](CC(=O)N1CCC[C@H]1CO)C(=O)N[C@@H](CO)c1ccccc1. The molecule has 1 fully saturated rings. The quantitative estimate of drug-likeness (QED) is 0.581. The summed E-state index contributed by atoms with van der Waals surface area (Å²) in [7, 11) is 0. The van der Waals surface area contributed by atoms with E-state index in [1.165, 1.54) is 0 Å². The third kappa shape index (κ3) is 5.16. The second-order valence-corrected chi connectivity index (χ2v) is 6.65. The number of allylic oxidation sites excluding steroid dienone is 1. The Morgan fingerprint density at radius 3 is 2.65 bits per heavy atom. The van der Waals surface area contributed by atoms with Gasteiger partial charge in [0, 0.05) is 13.0 Å². The molecule has 1 aromatic rings. The summed E-state index contributed by atoms with van der Waals surface area (Å²) in [6, 6.07) is 8.57. The van der Waals surface area contributed by atoms with E-state index in [2.05, 4.69) is 11.9 Å². The van der Waals surface area contributed by atoms with E-state index in [1.54, 1.807) is 11.0 Å². The van der Waals surface area contributed by atoms with E-state index < -0.39 is 12.0 Å². The molecule has 0 saturated carbocycles. The molecule has 0 bridgehead atoms. The molecule has 6 nitrogen and oxygen atoms in total. The minimum absolute atomic E-state index is 0.0509. The fourth-order valence-electron chi connectivity index (χ4n) is 3.38. The van der Waals surface area contributed by atoms with Crippen LogP contribution in [0.25, 0.3) is 0 Å². The van der Waals surface area contributed by atoms with Crippen molar-refractivity contribution >= 4 is 11.8 Å². The number of carbonyl (C=O) groups is 2. The normalized spacial score (nSPS) is 19.0. The fraction of sp³-hybridized carbons (Fsp3) is 0.500. The highest BCUT2D eigenvalue weighted by Crippen LogP contribution is 2.21. The van der Waals surface area contributed by atoms with Gasteiger partial charge in [0.15, 0.2) is 0 Å². The molecule has 1 aliphatic rings. The smallest absolute Gasteiger partial charge is 0.224 e. The number of nitrogens with zero attached hydrogens (tertiary/aromatic N) is 1. The second kappa shape index (κ2) is 10.1. The number of benzene rings is 1. The summed E-state index contributed by atoms with van der Waals surface area (Å²) in [5.74, 6) is -0.942. The Labute approximate surface area is 154 Å². The topological polar surface area (TPSA) is 89.9 Å². The first-order chi connectivity index (χ1) is 12.6. The summed E-state index contributed by atoms with van der Waals surface area (Å²) in [4.78, 5) is 26.9. The maximum atomic E-state index is 12.7. The van der Waals surface area contributed by atoms with Crippen molar-refractivity contribution in [2.45, 2.75) is 37.8 Å². The predicted octanol–water partition coefficient (Wildman–Crippen LogP) is 1.40. The Bertz CT molecular complexity index is 605. The van der Waals surface area contributed by atoms with Crippen LogP contribution < -0.4 is 5.32 Å². The van der Waals surface area contributed by atoms with Gasteiger partial charge in [0.05, 0.1) is 31.2 Å². The lowest BCUT2D eigenvalue weighted by Crippen LogP contribution is -2.41. The molecule has 3 atom stereocenters. The predicted molar refractivity (Wildman–Crippen MR) is 99.2 cm³/mol. The number of aliphatic hydroxyl groups is 2. The lowest BCUT2D eigenvalue weighted by Gasteiger charge is -2.26. The standard InChI is InChI=1S/C20H28N2O4/c1-2-7-16(12-19(25)22-11-6-10-17(22)13-23)20(26)21-18(14-24)15-8-4-3-5-9-15/h2-5,8-9,16-18,23-24H,1,6-7,10-14H2,(H,21,26)/t16-,17-,18-/m0/s1. The minimum Gasteiger partial charge on any atom is -0.394 e. The number of hydrogen-bond acceptors (Lipinski definition) is 4. The van der Waals surface area contributed by atoms with Crippen molar-refractivity contribution in [3.8, 4) is 0 Å². The fourth-order valence-corrected chi connectivity index (χ4v) is 3.38. The molecular weight excluding hydrogens is 332 g/mol. The van der Waals surface area contributed by atoms with Crippen molar-refractivity contribution in [2.75, 3.05) is 19.8 Å². The van der Waals surface area contributed by atoms with Crippen LogP contribution in [0.3, 0.4) is 0 Å². The average molecular weight is 360 g/mol. The van der Waals surface area contributed by atoms with E-state index in [-0.39, 0.29) is 37.5 Å². The molecule has 2 amide bonds. The van der Waals surface area contributed by atoms with Crippen LogP contribution in [0.5, 0.6) is 0 Å². The number of amides is 2. The van der Waals surface area contributed by atoms with Crippen molar-refractivity contribution in [1.82, 2.24) is 10.2 Å². The Morgan fingerprint density at radius 2 is 2.04 bits per heavy atom. The first-order valence-electron chi connectivity index (χ1n) is 9.08. The molecule has 6 heteroatoms. The van der Waals surface area contributed by atoms with Crippen molar-refractivity contribution in [1.29, 1.82) is 0 Å². The molecule has 2 rings (SSSR count). The summed E-state index contributed by atoms with van der Waals surface area (Å²) in [6.07, 6.45) is 3.74. The van der Waals surface area contributed by atoms with Gasteiger partial charge < -0.3 is 20.4 Å². The zero-order valence-electron chi connectivity index (χ0n) is 15.0. The molecule has 0 aromatic heterocycles. The minimum atomic E-state index is -0.544. The van der Waals surface area contributed by atoms with Gasteiger partial charge >= 0.3 is 0 Å². The zero-order chi connectivity index (χ0) is 18.9. The van der Waals surface area contributed by atoms with Gasteiger partial charge in [0.1, 0.15) is 0 Å². The number of aliphatic hydroxyl groups excluding tert-OH is 2. The van der Waals surface area contributed by atoms with Crippen LogP contribution in [0, 0.1) is 5.92 Å². The average Bonchev–Trinajstić information content (AvgIpc) is 3.15. The molecule has 0 aliphatic carbocycles. The van der Waals surface area contributed by atoms with Crippen LogP contribution in [0.2, 0.25) is 0 Å². The number of rotatable bonds is 9. The highest BCUT2D eigenvalue weighted by atomic mass is 16.3. The first kappa shape index (κ1) is 20.1. The van der Waals surface area contributed by atoms with Gasteiger partial charge in [-0.25, -0.2) is 0 Å². The summed E-state index contributed by atoms with van der Waals surface area (Å²) >= 11 is 0.